The smallest absolute Gasteiger partial charge is 0.0169 e. The van der Waals surface area contributed by atoms with Gasteiger partial charge in [0, 0.05) is 0 Å². The van der Waals surface area contributed by atoms with Gasteiger partial charge in [-0.1, -0.05) is 37.1 Å². The highest BCUT2D eigenvalue weighted by molar-refractivity contribution is 4.93. The van der Waals surface area contributed by atoms with Crippen molar-refractivity contribution in [1.29, 1.82) is 0 Å². The van der Waals surface area contributed by atoms with Gasteiger partial charge in [0.25, 0.3) is 0 Å². The Hall–Kier alpha value is -0.520. The summed E-state index contributed by atoms with van der Waals surface area (Å²) in [6.07, 6.45) is 18.5. The van der Waals surface area contributed by atoms with Gasteiger partial charge in [-0.2, -0.15) is 0 Å². The second-order valence-electron chi connectivity index (χ2n) is 3.17. The summed E-state index contributed by atoms with van der Waals surface area (Å²) >= 11 is 0. The molecule has 0 aliphatic heterocycles. The molecule has 0 saturated carbocycles. The van der Waals surface area contributed by atoms with Gasteiger partial charge in [-0.15, -0.1) is 0 Å². The summed E-state index contributed by atoms with van der Waals surface area (Å²) in [5.74, 6) is 0. The third-order valence-corrected chi connectivity index (χ3v) is 2.10. The number of hydrogen-bond donors (Lipinski definition) is 0. The zero-order valence-electron chi connectivity index (χ0n) is 7.26. The van der Waals surface area contributed by atoms with Crippen molar-refractivity contribution in [3.8, 4) is 0 Å². The maximum atomic E-state index is 2.32. The molecule has 0 aromatic carbocycles. The third-order valence-electron chi connectivity index (χ3n) is 2.10. The molecule has 11 heavy (non-hydrogen) atoms. The molecule has 1 aliphatic carbocycles. The second-order valence-corrected chi connectivity index (χ2v) is 3.17. The zero-order chi connectivity index (χ0) is 7.78. The summed E-state index contributed by atoms with van der Waals surface area (Å²) in [7, 11) is 0. The van der Waals surface area contributed by atoms with Crippen molar-refractivity contribution in [2.24, 2.45) is 0 Å². The fourth-order valence-electron chi connectivity index (χ4n) is 1.38. The lowest BCUT2D eigenvalue weighted by atomic mass is 10.1. The first kappa shape index (κ1) is 8.58. The van der Waals surface area contributed by atoms with E-state index < -0.39 is 0 Å². The maximum Gasteiger partial charge on any atom is -0.0169 e. The van der Waals surface area contributed by atoms with Crippen LogP contribution in [0.2, 0.25) is 0 Å². The Morgan fingerprint density at radius 1 is 0.545 bits per heavy atom. The summed E-state index contributed by atoms with van der Waals surface area (Å²) in [4.78, 5) is 0. The van der Waals surface area contributed by atoms with Crippen LogP contribution in [0, 0.1) is 0 Å². The molecule has 0 atom stereocenters. The van der Waals surface area contributed by atoms with Gasteiger partial charge in [0.2, 0.25) is 0 Å². The third kappa shape index (κ3) is 4.83. The maximum absolute atomic E-state index is 2.32. The number of hydrogen-bond acceptors (Lipinski definition) is 0. The van der Waals surface area contributed by atoms with E-state index >= 15 is 0 Å². The van der Waals surface area contributed by atoms with Crippen LogP contribution in [-0.2, 0) is 0 Å². The minimum Gasteiger partial charge on any atom is -0.0882 e. The fourth-order valence-corrected chi connectivity index (χ4v) is 1.38. The Morgan fingerprint density at radius 2 is 1.09 bits per heavy atom. The van der Waals surface area contributed by atoms with Crippen LogP contribution in [0.1, 0.15) is 44.9 Å². The van der Waals surface area contributed by atoms with Crippen molar-refractivity contribution in [1.82, 2.24) is 0 Å². The van der Waals surface area contributed by atoms with E-state index in [-0.39, 0.29) is 0 Å². The van der Waals surface area contributed by atoms with E-state index in [1.807, 2.05) is 0 Å². The predicted octanol–water partition coefficient (Wildman–Crippen LogP) is 3.84. The van der Waals surface area contributed by atoms with Crippen molar-refractivity contribution >= 4 is 0 Å². The zero-order valence-corrected chi connectivity index (χ0v) is 7.26. The molecule has 0 saturated heterocycles. The van der Waals surface area contributed by atoms with E-state index in [1.54, 1.807) is 0 Å². The Kier molecular flexibility index (Phi) is 4.84. The van der Waals surface area contributed by atoms with Gasteiger partial charge in [-0.25, -0.2) is 0 Å². The predicted molar refractivity (Wildman–Crippen MR) is 50.6 cm³/mol. The van der Waals surface area contributed by atoms with Crippen LogP contribution in [-0.4, -0.2) is 0 Å². The van der Waals surface area contributed by atoms with E-state index in [4.69, 9.17) is 0 Å². The average Bonchev–Trinajstić information content (AvgIpc) is 2.08. The van der Waals surface area contributed by atoms with Gasteiger partial charge in [0.15, 0.2) is 0 Å². The minimum absolute atomic E-state index is 1.14. The average molecular weight is 150 g/mol. The molecule has 0 fully saturated rings. The van der Waals surface area contributed by atoms with E-state index in [0.29, 0.717) is 0 Å². The van der Waals surface area contributed by atoms with Crippen molar-refractivity contribution in [3.05, 3.63) is 24.3 Å². The first-order chi connectivity index (χ1) is 5.50. The molecule has 0 radical (unpaired) electrons. The monoisotopic (exact) mass is 150 g/mol. The van der Waals surface area contributed by atoms with E-state index in [9.17, 15) is 0 Å². The van der Waals surface area contributed by atoms with Crippen LogP contribution >= 0.6 is 0 Å². The van der Waals surface area contributed by atoms with E-state index in [1.165, 1.54) is 38.5 Å². The van der Waals surface area contributed by atoms with Crippen LogP contribution in [0.25, 0.3) is 0 Å². The van der Waals surface area contributed by atoms with Crippen LogP contribution in [0.15, 0.2) is 24.3 Å². The molecule has 0 aromatic heterocycles. The SMILES string of the molecule is C1=C\CCCCCC/C=C/C/1. The largest absolute Gasteiger partial charge is 0.0882 e. The quantitative estimate of drug-likeness (QED) is 0.460. The molecule has 1 rings (SSSR count). The second kappa shape index (κ2) is 6.21. The highest BCUT2D eigenvalue weighted by Crippen LogP contribution is 2.08. The molecule has 0 nitrogen and oxygen atoms in total. The molecule has 0 heterocycles. The summed E-state index contributed by atoms with van der Waals surface area (Å²) < 4.78 is 0. The first-order valence-corrected chi connectivity index (χ1v) is 4.80. The van der Waals surface area contributed by atoms with Gasteiger partial charge >= 0.3 is 0 Å². The lowest BCUT2D eigenvalue weighted by Gasteiger charge is -1.95. The van der Waals surface area contributed by atoms with Crippen molar-refractivity contribution in [2.75, 3.05) is 0 Å². The summed E-state index contributed by atoms with van der Waals surface area (Å²) in [5.41, 5.74) is 0. The van der Waals surface area contributed by atoms with Gasteiger partial charge < -0.3 is 0 Å². The Labute approximate surface area is 70.0 Å². The summed E-state index contributed by atoms with van der Waals surface area (Å²) in [5, 5.41) is 0. The standard InChI is InChI=1S/C11H18/c1-2-4-6-8-10-11-9-7-5-3-1/h1-2,5,7H,3-4,6,8-11H2/b2-1-,7-5+. The highest BCUT2D eigenvalue weighted by atomic mass is 13.9. The molecular weight excluding hydrogens is 132 g/mol. The summed E-state index contributed by atoms with van der Waals surface area (Å²) in [6.45, 7) is 0. The van der Waals surface area contributed by atoms with Crippen LogP contribution in [0.5, 0.6) is 0 Å². The van der Waals surface area contributed by atoms with Crippen molar-refractivity contribution in [3.63, 3.8) is 0 Å². The first-order valence-electron chi connectivity index (χ1n) is 4.80. The minimum atomic E-state index is 1.14. The molecule has 0 amide bonds. The Morgan fingerprint density at radius 3 is 1.64 bits per heavy atom. The van der Waals surface area contributed by atoms with Crippen LogP contribution in [0.3, 0.4) is 0 Å². The lowest BCUT2D eigenvalue weighted by molar-refractivity contribution is 0.653. The van der Waals surface area contributed by atoms with Gasteiger partial charge in [-0.05, 0) is 32.1 Å². The topological polar surface area (TPSA) is 0 Å². The normalized spacial score (nSPS) is 26.9. The van der Waals surface area contributed by atoms with Gasteiger partial charge in [0.1, 0.15) is 0 Å². The molecular formula is C11H18. The van der Waals surface area contributed by atoms with Gasteiger partial charge in [0.05, 0.1) is 0 Å². The van der Waals surface area contributed by atoms with E-state index in [2.05, 4.69) is 24.3 Å². The molecule has 1 aliphatic rings. The lowest BCUT2D eigenvalue weighted by Crippen LogP contribution is -1.75. The molecule has 0 spiro atoms. The number of allylic oxidation sites excluding steroid dienone is 4. The van der Waals surface area contributed by atoms with E-state index in [0.717, 1.165) is 6.42 Å². The molecule has 62 valence electrons. The molecule has 0 aromatic rings. The van der Waals surface area contributed by atoms with Crippen LogP contribution in [0.4, 0.5) is 0 Å². The van der Waals surface area contributed by atoms with Crippen molar-refractivity contribution in [2.45, 2.75) is 44.9 Å². The molecule has 0 bridgehead atoms. The van der Waals surface area contributed by atoms with Crippen LogP contribution < -0.4 is 0 Å². The highest BCUT2D eigenvalue weighted by Gasteiger charge is 1.88. The van der Waals surface area contributed by atoms with Crippen molar-refractivity contribution < 1.29 is 0 Å². The molecule has 0 N–H and O–H groups in total. The van der Waals surface area contributed by atoms with Gasteiger partial charge in [-0.3, -0.25) is 0 Å². The summed E-state index contributed by atoms with van der Waals surface area (Å²) in [6, 6.07) is 0. The fraction of sp³-hybridized carbons (Fsp3) is 0.636. The Balaban J connectivity index is 2.22. The Bertz CT molecular complexity index is 115. The molecule has 0 heteroatoms. The molecule has 0 unspecified atom stereocenters. The number of rotatable bonds is 0.